The lowest BCUT2D eigenvalue weighted by atomic mass is 9.51. The molecule has 0 aliphatic heterocycles. The first-order valence-corrected chi connectivity index (χ1v) is 4.65. The van der Waals surface area contributed by atoms with Gasteiger partial charge in [0.05, 0.1) is 0 Å². The Kier molecular flexibility index (Phi) is 3.20. The Hall–Kier alpha value is -0.980. The zero-order valence-corrected chi connectivity index (χ0v) is 8.87. The van der Waals surface area contributed by atoms with Crippen LogP contribution in [0.15, 0.2) is 24.3 Å². The topological polar surface area (TPSA) is 17.1 Å². The third-order valence-corrected chi connectivity index (χ3v) is 2.19. The van der Waals surface area contributed by atoms with Crippen molar-refractivity contribution < 1.29 is 4.79 Å². The molecule has 0 aromatic heterocycles. The Balaban J connectivity index is 2.95. The summed E-state index contributed by atoms with van der Waals surface area (Å²) >= 11 is 0. The fourth-order valence-corrected chi connectivity index (χ4v) is 1.23. The lowest BCUT2D eigenvalue weighted by Crippen LogP contribution is -2.13. The van der Waals surface area contributed by atoms with Crippen molar-refractivity contribution in [3.63, 3.8) is 0 Å². The highest BCUT2D eigenvalue weighted by Gasteiger charge is 2.13. The maximum Gasteiger partial charge on any atom is 0.152 e. The van der Waals surface area contributed by atoms with E-state index in [1.165, 1.54) is 5.56 Å². The highest BCUT2D eigenvalue weighted by molar-refractivity contribution is 7.09. The minimum absolute atomic E-state index is 0.119. The molecule has 0 aliphatic rings. The normalized spacial score (nSPS) is 11.1. The third kappa shape index (κ3) is 2.50. The summed E-state index contributed by atoms with van der Waals surface area (Å²) in [7, 11) is 6.24. The molecule has 0 saturated carbocycles. The molecule has 1 aromatic rings. The summed E-state index contributed by atoms with van der Waals surface area (Å²) in [6, 6.07) is 7.56. The van der Waals surface area contributed by atoms with Gasteiger partial charge in [0.1, 0.15) is 5.68 Å². The van der Waals surface area contributed by atoms with E-state index in [0.717, 1.165) is 7.17 Å². The zero-order chi connectivity index (χ0) is 10.8. The van der Waals surface area contributed by atoms with Crippen molar-refractivity contribution in [3.05, 3.63) is 35.4 Å². The van der Waals surface area contributed by atoms with E-state index < -0.39 is 0 Å². The monoisotopic (exact) mass is 183 g/mol. The van der Waals surface area contributed by atoms with Crippen molar-refractivity contribution in [1.82, 2.24) is 0 Å². The second-order valence-corrected chi connectivity index (χ2v) is 4.36. The SMILES string of the molecule is [B][B]C(=O)c1ccc(C(C)(C)C)cc1. The van der Waals surface area contributed by atoms with Gasteiger partial charge < -0.3 is 4.79 Å². The van der Waals surface area contributed by atoms with Crippen molar-refractivity contribution >= 4 is 20.6 Å². The van der Waals surface area contributed by atoms with Gasteiger partial charge in [-0.2, -0.15) is 0 Å². The number of benzene rings is 1. The van der Waals surface area contributed by atoms with Crippen molar-refractivity contribution in [2.24, 2.45) is 0 Å². The first kappa shape index (κ1) is 11.1. The van der Waals surface area contributed by atoms with Crippen LogP contribution in [0.2, 0.25) is 0 Å². The van der Waals surface area contributed by atoms with Gasteiger partial charge in [-0.25, -0.2) is 0 Å². The van der Waals surface area contributed by atoms with E-state index in [4.69, 9.17) is 7.74 Å². The standard InChI is InChI=1S/C11H13B2O/c1-11(2,3)9-6-4-8(5-7-9)10(14)13-12/h4-7H,1-3H3. The van der Waals surface area contributed by atoms with E-state index in [0.29, 0.717) is 5.56 Å². The van der Waals surface area contributed by atoms with Crippen molar-refractivity contribution in [2.75, 3.05) is 0 Å². The Morgan fingerprint density at radius 1 is 1.21 bits per heavy atom. The molecule has 0 heterocycles. The molecule has 0 atom stereocenters. The molecule has 0 aliphatic carbocycles. The van der Waals surface area contributed by atoms with Crippen molar-refractivity contribution in [1.29, 1.82) is 0 Å². The van der Waals surface area contributed by atoms with Crippen LogP contribution in [0.1, 0.15) is 36.7 Å². The number of rotatable bonds is 2. The van der Waals surface area contributed by atoms with Crippen LogP contribution in [-0.2, 0) is 5.41 Å². The molecule has 1 aromatic carbocycles. The van der Waals surface area contributed by atoms with E-state index in [9.17, 15) is 4.79 Å². The molecule has 0 fully saturated rings. The van der Waals surface area contributed by atoms with Crippen LogP contribution < -0.4 is 0 Å². The summed E-state index contributed by atoms with van der Waals surface area (Å²) in [5, 5.41) is 0. The number of hydrogen-bond acceptors (Lipinski definition) is 1. The average molecular weight is 183 g/mol. The van der Waals surface area contributed by atoms with E-state index in [1.807, 2.05) is 24.3 Å². The molecule has 0 saturated heterocycles. The van der Waals surface area contributed by atoms with Gasteiger partial charge in [-0.1, -0.05) is 45.0 Å². The fraction of sp³-hybridized carbons (Fsp3) is 0.364. The zero-order valence-electron chi connectivity index (χ0n) is 8.87. The second-order valence-electron chi connectivity index (χ2n) is 4.36. The van der Waals surface area contributed by atoms with Gasteiger partial charge in [0.2, 0.25) is 0 Å². The number of carbonyl (C=O) groups excluding carboxylic acids is 1. The predicted octanol–water partition coefficient (Wildman–Crippen LogP) is 1.91. The van der Waals surface area contributed by atoms with E-state index >= 15 is 0 Å². The maximum absolute atomic E-state index is 11.2. The van der Waals surface area contributed by atoms with Gasteiger partial charge in [-0.15, -0.1) is 0 Å². The Bertz CT molecular complexity index is 322. The largest absolute Gasteiger partial charge is 0.308 e. The highest BCUT2D eigenvalue weighted by Crippen LogP contribution is 2.22. The summed E-state index contributed by atoms with van der Waals surface area (Å²) in [6.45, 7) is 6.41. The molecule has 0 amide bonds. The van der Waals surface area contributed by atoms with Gasteiger partial charge in [0.15, 0.2) is 7.17 Å². The first-order valence-electron chi connectivity index (χ1n) is 4.65. The van der Waals surface area contributed by atoms with Crippen LogP contribution in [0, 0.1) is 0 Å². The molecule has 3 radical (unpaired) electrons. The van der Waals surface area contributed by atoms with Gasteiger partial charge in [-0.3, -0.25) is 0 Å². The van der Waals surface area contributed by atoms with E-state index in [-0.39, 0.29) is 11.1 Å². The quantitative estimate of drug-likeness (QED) is 0.639. The Morgan fingerprint density at radius 3 is 2.07 bits per heavy atom. The molecule has 1 nitrogen and oxygen atoms in total. The molecule has 0 spiro atoms. The number of carbonyl (C=O) groups is 1. The maximum atomic E-state index is 11.2. The molecule has 69 valence electrons. The van der Waals surface area contributed by atoms with Crippen LogP contribution in [0.5, 0.6) is 0 Å². The predicted molar refractivity (Wildman–Crippen MR) is 61.0 cm³/mol. The summed E-state index contributed by atoms with van der Waals surface area (Å²) in [5.74, 6) is 0. The molecular weight excluding hydrogens is 170 g/mol. The molecule has 1 rings (SSSR count). The first-order chi connectivity index (χ1) is 6.45. The summed E-state index contributed by atoms with van der Waals surface area (Å²) in [6.07, 6.45) is 0. The highest BCUT2D eigenvalue weighted by atomic mass is 16.1. The smallest absolute Gasteiger partial charge is 0.152 e. The molecule has 0 N–H and O–H groups in total. The second kappa shape index (κ2) is 4.03. The van der Waals surface area contributed by atoms with Crippen molar-refractivity contribution in [3.8, 4) is 0 Å². The summed E-state index contributed by atoms with van der Waals surface area (Å²) in [4.78, 5) is 11.2. The van der Waals surface area contributed by atoms with Gasteiger partial charge in [0, 0.05) is 13.3 Å². The molecular formula is C11H13B2O. The molecule has 3 heteroatoms. The van der Waals surface area contributed by atoms with E-state index in [1.54, 1.807) is 0 Å². The van der Waals surface area contributed by atoms with E-state index in [2.05, 4.69) is 20.8 Å². The Morgan fingerprint density at radius 2 is 1.71 bits per heavy atom. The minimum atomic E-state index is -0.134. The van der Waals surface area contributed by atoms with Gasteiger partial charge in [0.25, 0.3) is 0 Å². The van der Waals surface area contributed by atoms with Crippen LogP contribution in [-0.4, -0.2) is 20.6 Å². The van der Waals surface area contributed by atoms with Crippen LogP contribution in [0.4, 0.5) is 0 Å². The Labute approximate surface area is 87.5 Å². The molecule has 14 heavy (non-hydrogen) atoms. The average Bonchev–Trinajstić information content (AvgIpc) is 2.15. The lowest BCUT2D eigenvalue weighted by molar-refractivity contribution is 0.107. The minimum Gasteiger partial charge on any atom is -0.308 e. The summed E-state index contributed by atoms with van der Waals surface area (Å²) < 4.78 is 0. The third-order valence-electron chi connectivity index (χ3n) is 2.19. The lowest BCUT2D eigenvalue weighted by Gasteiger charge is -2.18. The molecule has 0 bridgehead atoms. The molecule has 0 unspecified atom stereocenters. The fourth-order valence-electron chi connectivity index (χ4n) is 1.23. The number of hydrogen-bond donors (Lipinski definition) is 0. The van der Waals surface area contributed by atoms with Crippen LogP contribution in [0.3, 0.4) is 0 Å². The van der Waals surface area contributed by atoms with Crippen LogP contribution >= 0.6 is 0 Å². The van der Waals surface area contributed by atoms with Crippen molar-refractivity contribution in [2.45, 2.75) is 26.2 Å². The van der Waals surface area contributed by atoms with Gasteiger partial charge >= 0.3 is 0 Å². The summed E-state index contributed by atoms with van der Waals surface area (Å²) in [5.41, 5.74) is 1.84. The van der Waals surface area contributed by atoms with Gasteiger partial charge in [-0.05, 0) is 11.0 Å². The van der Waals surface area contributed by atoms with Crippen LogP contribution in [0.25, 0.3) is 0 Å².